The fourth-order valence-corrected chi connectivity index (χ4v) is 2.76. The van der Waals surface area contributed by atoms with Crippen molar-refractivity contribution in [3.63, 3.8) is 0 Å². The van der Waals surface area contributed by atoms with Crippen LogP contribution in [-0.2, 0) is 9.59 Å². The number of carbonyl (C=O) groups excluding carboxylic acids is 2. The number of imide groups is 1. The Labute approximate surface area is 135 Å². The molecule has 0 spiro atoms. The number of para-hydroxylation sites is 1. The Morgan fingerprint density at radius 2 is 1.70 bits per heavy atom. The van der Waals surface area contributed by atoms with E-state index in [0.717, 1.165) is 5.69 Å². The van der Waals surface area contributed by atoms with Gasteiger partial charge >= 0.3 is 0 Å². The zero-order valence-electron chi connectivity index (χ0n) is 13.1. The molecule has 1 heterocycles. The van der Waals surface area contributed by atoms with Crippen LogP contribution in [0.25, 0.3) is 0 Å². The third-order valence-electron chi connectivity index (χ3n) is 4.08. The van der Waals surface area contributed by atoms with E-state index in [9.17, 15) is 9.59 Å². The van der Waals surface area contributed by atoms with E-state index in [-0.39, 0.29) is 18.2 Å². The van der Waals surface area contributed by atoms with Crippen LogP contribution >= 0.6 is 0 Å². The largest absolute Gasteiger partial charge is 0.497 e. The zero-order chi connectivity index (χ0) is 16.4. The third-order valence-corrected chi connectivity index (χ3v) is 4.08. The molecule has 0 aromatic heterocycles. The number of amides is 2. The van der Waals surface area contributed by atoms with Crippen LogP contribution in [0.5, 0.6) is 5.75 Å². The molecular formula is C18H18N2O3. The molecule has 1 atom stereocenters. The number of anilines is 2. The molecule has 1 aliphatic rings. The molecule has 5 heteroatoms. The van der Waals surface area contributed by atoms with Gasteiger partial charge in [0.2, 0.25) is 5.91 Å². The molecule has 1 aliphatic heterocycles. The van der Waals surface area contributed by atoms with E-state index in [4.69, 9.17) is 4.74 Å². The molecule has 3 rings (SSSR count). The average Bonchev–Trinajstić information content (AvgIpc) is 2.89. The number of hydrogen-bond acceptors (Lipinski definition) is 4. The van der Waals surface area contributed by atoms with Gasteiger partial charge in [0.25, 0.3) is 5.91 Å². The molecule has 118 valence electrons. The van der Waals surface area contributed by atoms with Crippen LogP contribution in [-0.4, -0.2) is 32.0 Å². The molecule has 2 aromatic carbocycles. The van der Waals surface area contributed by atoms with Crippen molar-refractivity contribution in [3.05, 3.63) is 54.6 Å². The predicted octanol–water partition coefficient (Wildman–Crippen LogP) is 2.46. The van der Waals surface area contributed by atoms with Crippen molar-refractivity contribution in [3.8, 4) is 5.75 Å². The molecule has 0 N–H and O–H groups in total. The summed E-state index contributed by atoms with van der Waals surface area (Å²) in [6.07, 6.45) is 0.177. The van der Waals surface area contributed by atoms with Gasteiger partial charge in [0, 0.05) is 12.7 Å². The number of benzene rings is 2. The second kappa shape index (κ2) is 6.12. The lowest BCUT2D eigenvalue weighted by Gasteiger charge is -2.25. The van der Waals surface area contributed by atoms with Crippen LogP contribution in [0, 0.1) is 0 Å². The van der Waals surface area contributed by atoms with Crippen molar-refractivity contribution in [2.24, 2.45) is 0 Å². The molecule has 0 radical (unpaired) electrons. The standard InChI is InChI=1S/C18H18N2O3/c1-19(13-6-4-3-5-7-13)16-12-17(21)20(18(16)22)14-8-10-15(23-2)11-9-14/h3-11,16H,12H2,1-2H3/t16-/m0/s1. The average molecular weight is 310 g/mol. The van der Waals surface area contributed by atoms with Gasteiger partial charge in [0.05, 0.1) is 19.2 Å². The summed E-state index contributed by atoms with van der Waals surface area (Å²) in [5, 5.41) is 0. The highest BCUT2D eigenvalue weighted by Gasteiger charge is 2.41. The van der Waals surface area contributed by atoms with E-state index >= 15 is 0 Å². The van der Waals surface area contributed by atoms with Gasteiger partial charge in [-0.2, -0.15) is 0 Å². The van der Waals surface area contributed by atoms with Crippen molar-refractivity contribution < 1.29 is 14.3 Å². The van der Waals surface area contributed by atoms with E-state index in [1.807, 2.05) is 42.3 Å². The molecule has 1 saturated heterocycles. The maximum atomic E-state index is 12.7. The van der Waals surface area contributed by atoms with E-state index in [1.165, 1.54) is 4.90 Å². The summed E-state index contributed by atoms with van der Waals surface area (Å²) in [5.41, 5.74) is 1.49. The Balaban J connectivity index is 1.84. The van der Waals surface area contributed by atoms with E-state index < -0.39 is 6.04 Å². The monoisotopic (exact) mass is 310 g/mol. The van der Waals surface area contributed by atoms with Gasteiger partial charge in [-0.3, -0.25) is 9.59 Å². The molecule has 0 saturated carbocycles. The number of likely N-dealkylation sites (N-methyl/N-ethyl adjacent to an activating group) is 1. The first kappa shape index (κ1) is 15.1. The fraction of sp³-hybridized carbons (Fsp3) is 0.222. The lowest BCUT2D eigenvalue weighted by atomic mass is 10.2. The summed E-state index contributed by atoms with van der Waals surface area (Å²) in [6, 6.07) is 16.0. The Morgan fingerprint density at radius 3 is 2.30 bits per heavy atom. The zero-order valence-corrected chi connectivity index (χ0v) is 13.1. The van der Waals surface area contributed by atoms with Crippen molar-refractivity contribution >= 4 is 23.2 Å². The third kappa shape index (κ3) is 2.77. The lowest BCUT2D eigenvalue weighted by Crippen LogP contribution is -2.40. The van der Waals surface area contributed by atoms with Crippen molar-refractivity contribution in [1.29, 1.82) is 0 Å². The minimum absolute atomic E-state index is 0.177. The van der Waals surface area contributed by atoms with Gasteiger partial charge in [-0.1, -0.05) is 18.2 Å². The Bertz CT molecular complexity index is 713. The maximum absolute atomic E-state index is 12.7. The van der Waals surface area contributed by atoms with Gasteiger partial charge < -0.3 is 9.64 Å². The molecule has 2 aromatic rings. The number of hydrogen-bond donors (Lipinski definition) is 0. The predicted molar refractivity (Wildman–Crippen MR) is 88.7 cm³/mol. The van der Waals surface area contributed by atoms with Gasteiger partial charge in [-0.25, -0.2) is 4.90 Å². The van der Waals surface area contributed by atoms with Crippen LogP contribution in [0.3, 0.4) is 0 Å². The van der Waals surface area contributed by atoms with E-state index in [2.05, 4.69) is 0 Å². The normalized spacial score (nSPS) is 17.5. The second-order valence-electron chi connectivity index (χ2n) is 5.43. The smallest absolute Gasteiger partial charge is 0.256 e. The minimum Gasteiger partial charge on any atom is -0.497 e. The van der Waals surface area contributed by atoms with E-state index in [1.54, 1.807) is 31.4 Å². The van der Waals surface area contributed by atoms with Crippen molar-refractivity contribution in [1.82, 2.24) is 0 Å². The number of rotatable bonds is 4. The fourth-order valence-electron chi connectivity index (χ4n) is 2.76. The Kier molecular flexibility index (Phi) is 4.02. The lowest BCUT2D eigenvalue weighted by molar-refractivity contribution is -0.121. The summed E-state index contributed by atoms with van der Waals surface area (Å²) in [7, 11) is 3.41. The highest BCUT2D eigenvalue weighted by Crippen LogP contribution is 2.28. The molecule has 0 bridgehead atoms. The number of carbonyl (C=O) groups is 2. The topological polar surface area (TPSA) is 49.9 Å². The molecular weight excluding hydrogens is 292 g/mol. The first-order valence-corrected chi connectivity index (χ1v) is 7.40. The first-order chi connectivity index (χ1) is 11.1. The SMILES string of the molecule is COc1ccc(N2C(=O)C[C@H](N(C)c3ccccc3)C2=O)cc1. The van der Waals surface area contributed by atoms with Gasteiger partial charge in [-0.15, -0.1) is 0 Å². The first-order valence-electron chi connectivity index (χ1n) is 7.40. The summed E-state index contributed by atoms with van der Waals surface area (Å²) >= 11 is 0. The van der Waals surface area contributed by atoms with Crippen molar-refractivity contribution in [2.75, 3.05) is 24.0 Å². The maximum Gasteiger partial charge on any atom is 0.256 e. The Hall–Kier alpha value is -2.82. The minimum atomic E-state index is -0.480. The molecule has 1 fully saturated rings. The van der Waals surface area contributed by atoms with Gasteiger partial charge in [-0.05, 0) is 36.4 Å². The van der Waals surface area contributed by atoms with Gasteiger partial charge in [0.1, 0.15) is 11.8 Å². The number of ether oxygens (including phenoxy) is 1. The summed E-state index contributed by atoms with van der Waals surface area (Å²) < 4.78 is 5.11. The summed E-state index contributed by atoms with van der Waals surface area (Å²) in [5.74, 6) is 0.297. The van der Waals surface area contributed by atoms with Gasteiger partial charge in [0.15, 0.2) is 0 Å². The highest BCUT2D eigenvalue weighted by atomic mass is 16.5. The molecule has 5 nitrogen and oxygen atoms in total. The summed E-state index contributed by atoms with van der Waals surface area (Å²) in [6.45, 7) is 0. The molecule has 0 aliphatic carbocycles. The van der Waals surface area contributed by atoms with Crippen LogP contribution in [0.2, 0.25) is 0 Å². The summed E-state index contributed by atoms with van der Waals surface area (Å²) in [4.78, 5) is 28.2. The van der Waals surface area contributed by atoms with Crippen molar-refractivity contribution in [2.45, 2.75) is 12.5 Å². The number of methoxy groups -OCH3 is 1. The van der Waals surface area contributed by atoms with Crippen LogP contribution < -0.4 is 14.5 Å². The Morgan fingerprint density at radius 1 is 1.04 bits per heavy atom. The van der Waals surface area contributed by atoms with Crippen LogP contribution in [0.15, 0.2) is 54.6 Å². The molecule has 0 unspecified atom stereocenters. The van der Waals surface area contributed by atoms with Crippen LogP contribution in [0.1, 0.15) is 6.42 Å². The van der Waals surface area contributed by atoms with E-state index in [0.29, 0.717) is 11.4 Å². The molecule has 23 heavy (non-hydrogen) atoms. The number of nitrogens with zero attached hydrogens (tertiary/aromatic N) is 2. The highest BCUT2D eigenvalue weighted by molar-refractivity contribution is 6.23. The second-order valence-corrected chi connectivity index (χ2v) is 5.43. The quantitative estimate of drug-likeness (QED) is 0.814. The van der Waals surface area contributed by atoms with Crippen LogP contribution in [0.4, 0.5) is 11.4 Å². The molecule has 2 amide bonds.